The second-order valence-corrected chi connectivity index (χ2v) is 5.05. The molecule has 0 saturated heterocycles. The normalized spacial score (nSPS) is 11.1. The van der Waals surface area contributed by atoms with E-state index in [1.54, 1.807) is 6.33 Å². The molecule has 4 aromatic rings. The fourth-order valence-electron chi connectivity index (χ4n) is 2.52. The molecule has 0 bridgehead atoms. The van der Waals surface area contributed by atoms with Gasteiger partial charge in [0.05, 0.1) is 6.07 Å². The summed E-state index contributed by atoms with van der Waals surface area (Å²) in [6, 6.07) is 16.7. The third-order valence-corrected chi connectivity index (χ3v) is 3.50. The monoisotopic (exact) mass is 277 g/mol. The lowest BCUT2D eigenvalue weighted by Gasteiger charge is -2.01. The molecule has 0 atom stereocenters. The lowest BCUT2D eigenvalue weighted by molar-refractivity contribution is -0.587. The summed E-state index contributed by atoms with van der Waals surface area (Å²) in [6.07, 6.45) is 1.76. The maximum absolute atomic E-state index is 4.42. The first-order chi connectivity index (χ1) is 10.3. The molecule has 0 aliphatic rings. The van der Waals surface area contributed by atoms with Crippen molar-refractivity contribution in [2.45, 2.75) is 6.92 Å². The molecular weight excluding hydrogens is 262 g/mol. The third kappa shape index (κ3) is 2.08. The summed E-state index contributed by atoms with van der Waals surface area (Å²) in [5.74, 6) is 1.72. The number of aryl methyl sites for hydroxylation is 1. The second kappa shape index (κ2) is 4.56. The van der Waals surface area contributed by atoms with Gasteiger partial charge in [0.15, 0.2) is 12.0 Å². The number of nitrogens with zero attached hydrogens (tertiary/aromatic N) is 2. The number of aromatic nitrogens is 4. The van der Waals surface area contributed by atoms with E-state index in [-0.39, 0.29) is 0 Å². The molecule has 0 saturated carbocycles. The van der Waals surface area contributed by atoms with Crippen LogP contribution in [0.5, 0.6) is 0 Å². The van der Waals surface area contributed by atoms with Gasteiger partial charge in [0, 0.05) is 6.92 Å². The predicted octanol–water partition coefficient (Wildman–Crippen LogP) is 2.17. The average Bonchev–Trinajstić information content (AvgIpc) is 2.95. The van der Waals surface area contributed by atoms with Crippen molar-refractivity contribution in [3.8, 4) is 0 Å². The Hall–Kier alpha value is -2.95. The summed E-state index contributed by atoms with van der Waals surface area (Å²) >= 11 is 0. The minimum Gasteiger partial charge on any atom is -0.239 e. The maximum Gasteiger partial charge on any atom is 0.517 e. The van der Waals surface area contributed by atoms with Gasteiger partial charge in [-0.15, -0.1) is 0 Å². The van der Waals surface area contributed by atoms with Gasteiger partial charge in [-0.3, -0.25) is 0 Å². The maximum atomic E-state index is 4.42. The average molecular weight is 277 g/mol. The first kappa shape index (κ1) is 11.8. The molecule has 0 aliphatic carbocycles. The number of rotatable bonds is 2. The van der Waals surface area contributed by atoms with Gasteiger partial charge < -0.3 is 0 Å². The van der Waals surface area contributed by atoms with Crippen molar-refractivity contribution < 1.29 is 9.50 Å². The Morgan fingerprint density at radius 1 is 1.10 bits per heavy atom. The Morgan fingerprint density at radius 2 is 1.95 bits per heavy atom. The smallest absolute Gasteiger partial charge is 0.239 e. The van der Waals surface area contributed by atoms with E-state index in [1.807, 2.05) is 17.5 Å². The topological polar surface area (TPSA) is 59.0 Å². The van der Waals surface area contributed by atoms with Crippen LogP contribution in [0, 0.1) is 6.92 Å². The quantitative estimate of drug-likeness (QED) is 0.552. The van der Waals surface area contributed by atoms with Gasteiger partial charge in [0.2, 0.25) is 0 Å². The van der Waals surface area contributed by atoms with Crippen LogP contribution in [-0.2, 0) is 0 Å². The van der Waals surface area contributed by atoms with E-state index < -0.39 is 0 Å². The SMILES string of the molecule is Cc1cc(Nc2ccc3ccccc3c2)[n+]2[nH]c[nH+]c2n1. The number of hydrogen-bond acceptors (Lipinski definition) is 2. The molecule has 0 amide bonds. The van der Waals surface area contributed by atoms with Crippen molar-refractivity contribution in [3.63, 3.8) is 0 Å². The summed E-state index contributed by atoms with van der Waals surface area (Å²) in [4.78, 5) is 7.50. The molecule has 21 heavy (non-hydrogen) atoms. The lowest BCUT2D eigenvalue weighted by Crippen LogP contribution is -2.30. The Balaban J connectivity index is 1.80. The fourth-order valence-corrected chi connectivity index (χ4v) is 2.52. The number of hydrogen-bond donors (Lipinski definition) is 2. The van der Waals surface area contributed by atoms with E-state index >= 15 is 0 Å². The zero-order valence-electron chi connectivity index (χ0n) is 11.6. The van der Waals surface area contributed by atoms with Crippen LogP contribution in [0.25, 0.3) is 16.6 Å². The Kier molecular flexibility index (Phi) is 2.57. The summed E-state index contributed by atoms with van der Waals surface area (Å²) < 4.78 is 1.88. The number of fused-ring (bicyclic) bond motifs is 2. The van der Waals surface area contributed by atoms with Crippen LogP contribution in [0.15, 0.2) is 54.9 Å². The zero-order chi connectivity index (χ0) is 14.2. The van der Waals surface area contributed by atoms with Crippen LogP contribution in [0.3, 0.4) is 0 Å². The van der Waals surface area contributed by atoms with Crippen LogP contribution in [0.1, 0.15) is 5.69 Å². The Bertz CT molecular complexity index is 942. The van der Waals surface area contributed by atoms with Gasteiger partial charge >= 0.3 is 11.6 Å². The molecule has 0 spiro atoms. The summed E-state index contributed by atoms with van der Waals surface area (Å²) in [5.41, 5.74) is 2.00. The third-order valence-electron chi connectivity index (χ3n) is 3.50. The number of nitrogens with one attached hydrogen (secondary N) is 3. The highest BCUT2D eigenvalue weighted by molar-refractivity contribution is 5.86. The van der Waals surface area contributed by atoms with Gasteiger partial charge in [-0.1, -0.05) is 30.3 Å². The van der Waals surface area contributed by atoms with Crippen LogP contribution >= 0.6 is 0 Å². The molecule has 102 valence electrons. The fraction of sp³-hybridized carbons (Fsp3) is 0.0625. The highest BCUT2D eigenvalue weighted by atomic mass is 15.3. The number of anilines is 2. The molecule has 2 aromatic carbocycles. The molecule has 2 heterocycles. The van der Waals surface area contributed by atoms with E-state index in [4.69, 9.17) is 0 Å². The minimum atomic E-state index is 0.776. The predicted molar refractivity (Wildman–Crippen MR) is 80.3 cm³/mol. The van der Waals surface area contributed by atoms with Crippen LogP contribution in [0.2, 0.25) is 0 Å². The highest BCUT2D eigenvalue weighted by Gasteiger charge is 2.19. The minimum absolute atomic E-state index is 0.776. The largest absolute Gasteiger partial charge is 0.517 e. The first-order valence-corrected chi connectivity index (χ1v) is 6.84. The van der Waals surface area contributed by atoms with Crippen LogP contribution in [0.4, 0.5) is 11.5 Å². The van der Waals surface area contributed by atoms with Gasteiger partial charge in [-0.2, -0.15) is 10.1 Å². The highest BCUT2D eigenvalue weighted by Crippen LogP contribution is 2.21. The first-order valence-electron chi connectivity index (χ1n) is 6.84. The van der Waals surface area contributed by atoms with Crippen LogP contribution < -0.4 is 14.8 Å². The molecule has 0 unspecified atom stereocenters. The van der Waals surface area contributed by atoms with Gasteiger partial charge in [-0.25, -0.2) is 5.32 Å². The molecule has 4 rings (SSSR count). The molecule has 0 fully saturated rings. The van der Waals surface area contributed by atoms with E-state index in [0.717, 1.165) is 23.0 Å². The van der Waals surface area contributed by atoms with Crippen molar-refractivity contribution >= 4 is 28.1 Å². The number of benzene rings is 2. The second-order valence-electron chi connectivity index (χ2n) is 5.05. The Morgan fingerprint density at radius 3 is 2.86 bits per heavy atom. The molecule has 2 aromatic heterocycles. The van der Waals surface area contributed by atoms with Crippen LogP contribution in [-0.4, -0.2) is 10.1 Å². The summed E-state index contributed by atoms with van der Waals surface area (Å²) in [6.45, 7) is 1.98. The molecule has 0 aliphatic heterocycles. The van der Waals surface area contributed by atoms with Crippen molar-refractivity contribution in [2.75, 3.05) is 5.32 Å². The molecule has 5 heteroatoms. The molecule has 0 radical (unpaired) electrons. The van der Waals surface area contributed by atoms with E-state index in [0.29, 0.717) is 0 Å². The van der Waals surface area contributed by atoms with Gasteiger partial charge in [-0.05, 0) is 32.4 Å². The van der Waals surface area contributed by atoms with Crippen molar-refractivity contribution in [1.29, 1.82) is 0 Å². The number of aromatic amines is 2. The van der Waals surface area contributed by atoms with Crippen molar-refractivity contribution in [3.05, 3.63) is 60.6 Å². The molecular formula is C16H15N5+2. The zero-order valence-corrected chi connectivity index (χ0v) is 11.6. The van der Waals surface area contributed by atoms with Gasteiger partial charge in [0.1, 0.15) is 5.69 Å². The molecule has 3 N–H and O–H groups in total. The summed E-state index contributed by atoms with van der Waals surface area (Å²) in [7, 11) is 0. The van der Waals surface area contributed by atoms with E-state index in [2.05, 4.69) is 62.8 Å². The number of H-pyrrole nitrogens is 2. The lowest BCUT2D eigenvalue weighted by atomic mass is 10.1. The van der Waals surface area contributed by atoms with E-state index in [1.165, 1.54) is 10.8 Å². The van der Waals surface area contributed by atoms with Crippen molar-refractivity contribution in [2.24, 2.45) is 0 Å². The van der Waals surface area contributed by atoms with Crippen molar-refractivity contribution in [1.82, 2.24) is 10.1 Å². The summed E-state index contributed by atoms with van der Waals surface area (Å²) in [5, 5.41) is 9.00. The van der Waals surface area contributed by atoms with Gasteiger partial charge in [0.25, 0.3) is 0 Å². The molecule has 5 nitrogen and oxygen atoms in total. The standard InChI is InChI=1S/C16H13N5/c1-11-8-15(21-16(19-11)17-10-18-21)20-14-7-6-12-4-2-3-5-13(12)9-14/h2-10H,1H3,(H,17,18,19,20)/p+2. The van der Waals surface area contributed by atoms with E-state index in [9.17, 15) is 0 Å². The Labute approximate surface area is 121 Å².